The number of nitrogens with zero attached hydrogens (tertiary/aromatic N) is 2. The number of hydrogen-bond donors (Lipinski definition) is 0. The Hall–Kier alpha value is -3.55. The lowest BCUT2D eigenvalue weighted by molar-refractivity contribution is -0.384. The van der Waals surface area contributed by atoms with E-state index >= 15 is 0 Å². The van der Waals surface area contributed by atoms with Gasteiger partial charge < -0.3 is 4.74 Å². The standard InChI is InChI=1S/C19H16N2O6/c1-2-3-10-20-17(22)15-9-4-12(11-16(15)18(20)23)19(24)27-14-7-5-13(6-8-14)21(25)26/h4-9,11H,2-3,10H2,1H3. The number of nitro benzene ring substituents is 1. The third-order valence-corrected chi connectivity index (χ3v) is 4.20. The highest BCUT2D eigenvalue weighted by molar-refractivity contribution is 6.22. The van der Waals surface area contributed by atoms with E-state index in [1.54, 1.807) is 0 Å². The highest BCUT2D eigenvalue weighted by Crippen LogP contribution is 2.25. The molecule has 0 N–H and O–H groups in total. The maximum atomic E-state index is 12.4. The van der Waals surface area contributed by atoms with Gasteiger partial charge in [-0.05, 0) is 36.8 Å². The molecule has 1 aliphatic heterocycles. The molecule has 0 aromatic heterocycles. The maximum absolute atomic E-state index is 12.4. The molecule has 2 amide bonds. The maximum Gasteiger partial charge on any atom is 0.343 e. The monoisotopic (exact) mass is 368 g/mol. The fraction of sp³-hybridized carbons (Fsp3) is 0.211. The van der Waals surface area contributed by atoms with Crippen molar-refractivity contribution < 1.29 is 24.0 Å². The SMILES string of the molecule is CCCCN1C(=O)c2ccc(C(=O)Oc3ccc([N+](=O)[O-])cc3)cc2C1=O. The minimum absolute atomic E-state index is 0.116. The molecule has 3 rings (SSSR count). The molecule has 0 fully saturated rings. The average molecular weight is 368 g/mol. The van der Waals surface area contributed by atoms with Crippen LogP contribution in [0.25, 0.3) is 0 Å². The average Bonchev–Trinajstić information content (AvgIpc) is 2.90. The topological polar surface area (TPSA) is 107 Å². The Balaban J connectivity index is 1.78. The van der Waals surface area contributed by atoms with E-state index < -0.39 is 16.8 Å². The summed E-state index contributed by atoms with van der Waals surface area (Å²) in [6.07, 6.45) is 1.56. The molecule has 0 radical (unpaired) electrons. The second-order valence-electron chi connectivity index (χ2n) is 6.02. The van der Waals surface area contributed by atoms with Crippen LogP contribution in [0.15, 0.2) is 42.5 Å². The molecule has 27 heavy (non-hydrogen) atoms. The summed E-state index contributed by atoms with van der Waals surface area (Å²) in [6, 6.07) is 9.26. The van der Waals surface area contributed by atoms with E-state index in [0.717, 1.165) is 6.42 Å². The Morgan fingerprint density at radius 3 is 2.37 bits per heavy atom. The largest absolute Gasteiger partial charge is 0.423 e. The van der Waals surface area contributed by atoms with Gasteiger partial charge in [-0.2, -0.15) is 0 Å². The molecule has 0 atom stereocenters. The first-order valence-electron chi connectivity index (χ1n) is 8.39. The molecule has 138 valence electrons. The summed E-state index contributed by atoms with van der Waals surface area (Å²) in [5, 5.41) is 10.6. The van der Waals surface area contributed by atoms with E-state index in [1.807, 2.05) is 6.92 Å². The Kier molecular flexibility index (Phi) is 4.98. The number of nitro groups is 1. The second kappa shape index (κ2) is 7.36. The molecular formula is C19H16N2O6. The van der Waals surface area contributed by atoms with Gasteiger partial charge in [0.25, 0.3) is 17.5 Å². The predicted molar refractivity (Wildman–Crippen MR) is 94.8 cm³/mol. The van der Waals surface area contributed by atoms with Crippen molar-refractivity contribution >= 4 is 23.5 Å². The quantitative estimate of drug-likeness (QED) is 0.255. The molecule has 0 saturated carbocycles. The summed E-state index contributed by atoms with van der Waals surface area (Å²) in [5.41, 5.74) is 0.437. The molecule has 1 heterocycles. The number of benzene rings is 2. The van der Waals surface area contributed by atoms with E-state index in [9.17, 15) is 24.5 Å². The number of carbonyl (C=O) groups excluding carboxylic acids is 3. The fourth-order valence-corrected chi connectivity index (χ4v) is 2.74. The van der Waals surface area contributed by atoms with Gasteiger partial charge in [-0.15, -0.1) is 0 Å². The zero-order valence-corrected chi connectivity index (χ0v) is 14.5. The molecule has 2 aromatic rings. The molecular weight excluding hydrogens is 352 g/mol. The van der Waals surface area contributed by atoms with Crippen LogP contribution in [0.1, 0.15) is 50.8 Å². The van der Waals surface area contributed by atoms with Gasteiger partial charge in [-0.25, -0.2) is 4.79 Å². The molecule has 8 nitrogen and oxygen atoms in total. The van der Waals surface area contributed by atoms with E-state index in [1.165, 1.54) is 47.4 Å². The lowest BCUT2D eigenvalue weighted by atomic mass is 10.1. The van der Waals surface area contributed by atoms with Crippen LogP contribution in [0.2, 0.25) is 0 Å². The van der Waals surface area contributed by atoms with Crippen molar-refractivity contribution in [3.05, 3.63) is 69.3 Å². The van der Waals surface area contributed by atoms with E-state index in [2.05, 4.69) is 0 Å². The number of non-ortho nitro benzene ring substituents is 1. The Morgan fingerprint density at radius 2 is 1.74 bits per heavy atom. The Labute approximate surface area is 154 Å². The van der Waals surface area contributed by atoms with Gasteiger partial charge in [0.1, 0.15) is 5.75 Å². The summed E-state index contributed by atoms with van der Waals surface area (Å²) in [4.78, 5) is 48.3. The summed E-state index contributed by atoms with van der Waals surface area (Å²) < 4.78 is 5.18. The van der Waals surface area contributed by atoms with Crippen LogP contribution in [0.5, 0.6) is 5.75 Å². The van der Waals surface area contributed by atoms with Crippen LogP contribution in [0.4, 0.5) is 5.69 Å². The van der Waals surface area contributed by atoms with Crippen LogP contribution in [-0.2, 0) is 0 Å². The second-order valence-corrected chi connectivity index (χ2v) is 6.02. The number of unbranched alkanes of at least 4 members (excludes halogenated alkanes) is 1. The lowest BCUT2D eigenvalue weighted by Gasteiger charge is -2.12. The fourth-order valence-electron chi connectivity index (χ4n) is 2.74. The first-order chi connectivity index (χ1) is 12.9. The molecule has 0 aliphatic carbocycles. The van der Waals surface area contributed by atoms with Crippen molar-refractivity contribution in [2.45, 2.75) is 19.8 Å². The van der Waals surface area contributed by atoms with E-state index in [-0.39, 0.29) is 34.0 Å². The third-order valence-electron chi connectivity index (χ3n) is 4.20. The number of rotatable bonds is 6. The smallest absolute Gasteiger partial charge is 0.343 e. The molecule has 1 aliphatic rings. The first kappa shape index (κ1) is 18.2. The molecule has 8 heteroatoms. The van der Waals surface area contributed by atoms with E-state index in [4.69, 9.17) is 4.74 Å². The molecule has 0 unspecified atom stereocenters. The minimum atomic E-state index is -0.723. The van der Waals surface area contributed by atoms with Crippen molar-refractivity contribution in [3.63, 3.8) is 0 Å². The summed E-state index contributed by atoms with van der Waals surface area (Å²) in [7, 11) is 0. The van der Waals surface area contributed by atoms with Crippen LogP contribution >= 0.6 is 0 Å². The van der Waals surface area contributed by atoms with Crippen molar-refractivity contribution in [2.75, 3.05) is 6.54 Å². The summed E-state index contributed by atoms with van der Waals surface area (Å²) in [6.45, 7) is 2.30. The first-order valence-corrected chi connectivity index (χ1v) is 8.39. The minimum Gasteiger partial charge on any atom is -0.423 e. The predicted octanol–water partition coefficient (Wildman–Crippen LogP) is 3.21. The number of imide groups is 1. The number of ether oxygens (including phenoxy) is 1. The van der Waals surface area contributed by atoms with Crippen LogP contribution in [-0.4, -0.2) is 34.2 Å². The molecule has 0 spiro atoms. The molecule has 0 saturated heterocycles. The van der Waals surface area contributed by atoms with Crippen LogP contribution in [0, 0.1) is 10.1 Å². The Morgan fingerprint density at radius 1 is 1.07 bits per heavy atom. The van der Waals surface area contributed by atoms with Gasteiger partial charge in [0.2, 0.25) is 0 Å². The normalized spacial score (nSPS) is 12.9. The lowest BCUT2D eigenvalue weighted by Crippen LogP contribution is -2.30. The Bertz CT molecular complexity index is 936. The van der Waals surface area contributed by atoms with Gasteiger partial charge in [0.15, 0.2) is 0 Å². The summed E-state index contributed by atoms with van der Waals surface area (Å²) >= 11 is 0. The van der Waals surface area contributed by atoms with Gasteiger partial charge >= 0.3 is 5.97 Å². The summed E-state index contributed by atoms with van der Waals surface area (Å²) in [5.74, 6) is -1.37. The molecule has 0 bridgehead atoms. The van der Waals surface area contributed by atoms with Crippen molar-refractivity contribution in [1.82, 2.24) is 4.90 Å². The number of amides is 2. The zero-order valence-electron chi connectivity index (χ0n) is 14.5. The number of hydrogen-bond acceptors (Lipinski definition) is 6. The zero-order chi connectivity index (χ0) is 19.6. The highest BCUT2D eigenvalue weighted by Gasteiger charge is 2.35. The van der Waals surface area contributed by atoms with Crippen molar-refractivity contribution in [3.8, 4) is 5.75 Å². The van der Waals surface area contributed by atoms with Gasteiger partial charge in [-0.3, -0.25) is 24.6 Å². The number of carbonyl (C=O) groups is 3. The van der Waals surface area contributed by atoms with Gasteiger partial charge in [0, 0.05) is 18.7 Å². The van der Waals surface area contributed by atoms with Gasteiger partial charge in [0.05, 0.1) is 21.6 Å². The van der Waals surface area contributed by atoms with Crippen LogP contribution < -0.4 is 4.74 Å². The van der Waals surface area contributed by atoms with E-state index in [0.29, 0.717) is 13.0 Å². The highest BCUT2D eigenvalue weighted by atomic mass is 16.6. The number of esters is 1. The van der Waals surface area contributed by atoms with Gasteiger partial charge in [-0.1, -0.05) is 13.3 Å². The number of fused-ring (bicyclic) bond motifs is 1. The molecule has 2 aromatic carbocycles. The van der Waals surface area contributed by atoms with Crippen LogP contribution in [0.3, 0.4) is 0 Å². The third kappa shape index (κ3) is 3.55. The van der Waals surface area contributed by atoms with Crippen molar-refractivity contribution in [2.24, 2.45) is 0 Å². The van der Waals surface area contributed by atoms with Crippen molar-refractivity contribution in [1.29, 1.82) is 0 Å².